The zero-order valence-corrected chi connectivity index (χ0v) is 10.7. The highest BCUT2D eigenvalue weighted by atomic mass is 32.1. The van der Waals surface area contributed by atoms with Crippen LogP contribution < -0.4 is 5.32 Å². The molecule has 1 atom stereocenters. The third-order valence-corrected chi connectivity index (χ3v) is 3.19. The topological polar surface area (TPSA) is 88.3 Å². The van der Waals surface area contributed by atoms with E-state index in [9.17, 15) is 15.2 Å². The standard InChI is InChI=1S/C10H17N3O3S/c1-7(2)3-8(6-14)4-11-10-12-5-9(17-10)13(15)16/h5,7-8,14H,3-4,6H2,1-2H3,(H,11,12). The molecule has 6 nitrogen and oxygen atoms in total. The Labute approximate surface area is 104 Å². The quantitative estimate of drug-likeness (QED) is 0.578. The SMILES string of the molecule is CC(C)CC(CO)CNc1ncc([N+](=O)[O-])s1. The molecule has 0 radical (unpaired) electrons. The van der Waals surface area contributed by atoms with E-state index in [1.807, 2.05) is 0 Å². The van der Waals surface area contributed by atoms with E-state index < -0.39 is 4.92 Å². The van der Waals surface area contributed by atoms with Crippen molar-refractivity contribution in [1.29, 1.82) is 0 Å². The summed E-state index contributed by atoms with van der Waals surface area (Å²) >= 11 is 1.01. The molecule has 0 aromatic carbocycles. The summed E-state index contributed by atoms with van der Waals surface area (Å²) in [7, 11) is 0. The van der Waals surface area contributed by atoms with Crippen molar-refractivity contribution in [2.75, 3.05) is 18.5 Å². The maximum Gasteiger partial charge on any atom is 0.345 e. The largest absolute Gasteiger partial charge is 0.396 e. The zero-order chi connectivity index (χ0) is 12.8. The van der Waals surface area contributed by atoms with Crippen molar-refractivity contribution in [2.45, 2.75) is 20.3 Å². The first kappa shape index (κ1) is 13.9. The van der Waals surface area contributed by atoms with Crippen molar-refractivity contribution in [3.63, 3.8) is 0 Å². The highest BCUT2D eigenvalue weighted by molar-refractivity contribution is 7.18. The molecule has 0 spiro atoms. The number of nitrogens with zero attached hydrogens (tertiary/aromatic N) is 2. The van der Waals surface area contributed by atoms with E-state index in [1.165, 1.54) is 6.20 Å². The average molecular weight is 259 g/mol. The van der Waals surface area contributed by atoms with Crippen molar-refractivity contribution in [3.8, 4) is 0 Å². The molecule has 0 amide bonds. The van der Waals surface area contributed by atoms with Gasteiger partial charge in [0.05, 0.1) is 4.92 Å². The number of thiazole rings is 1. The van der Waals surface area contributed by atoms with Gasteiger partial charge in [0.1, 0.15) is 6.20 Å². The van der Waals surface area contributed by atoms with Gasteiger partial charge in [-0.05, 0) is 29.6 Å². The minimum Gasteiger partial charge on any atom is -0.396 e. The lowest BCUT2D eigenvalue weighted by Crippen LogP contribution is -2.19. The van der Waals surface area contributed by atoms with Gasteiger partial charge in [0.2, 0.25) is 0 Å². The number of aliphatic hydroxyl groups is 1. The number of aromatic nitrogens is 1. The molecule has 7 heteroatoms. The number of aliphatic hydroxyl groups excluding tert-OH is 1. The Morgan fingerprint density at radius 1 is 1.65 bits per heavy atom. The summed E-state index contributed by atoms with van der Waals surface area (Å²) in [6.45, 7) is 4.88. The number of hydrogen-bond donors (Lipinski definition) is 2. The normalized spacial score (nSPS) is 12.7. The Hall–Kier alpha value is -1.21. The minimum atomic E-state index is -0.458. The molecule has 0 aliphatic carbocycles. The molecule has 1 unspecified atom stereocenters. The van der Waals surface area contributed by atoms with Crippen LogP contribution in [0.5, 0.6) is 0 Å². The third kappa shape index (κ3) is 4.66. The van der Waals surface area contributed by atoms with Gasteiger partial charge in [-0.3, -0.25) is 10.1 Å². The van der Waals surface area contributed by atoms with Gasteiger partial charge in [-0.25, -0.2) is 4.98 Å². The Morgan fingerprint density at radius 3 is 2.82 bits per heavy atom. The number of nitro groups is 1. The molecule has 0 saturated carbocycles. The molecule has 1 heterocycles. The molecule has 96 valence electrons. The molecule has 0 aliphatic rings. The molecule has 0 bridgehead atoms. The van der Waals surface area contributed by atoms with Crippen LogP contribution in [-0.4, -0.2) is 28.2 Å². The Bertz CT molecular complexity index is 367. The van der Waals surface area contributed by atoms with Crippen molar-refractivity contribution in [2.24, 2.45) is 11.8 Å². The van der Waals surface area contributed by atoms with Crippen LogP contribution in [0.25, 0.3) is 0 Å². The van der Waals surface area contributed by atoms with Crippen LogP contribution in [0.1, 0.15) is 20.3 Å². The first-order chi connectivity index (χ1) is 8.02. The van der Waals surface area contributed by atoms with E-state index in [4.69, 9.17) is 0 Å². The summed E-state index contributed by atoms with van der Waals surface area (Å²) in [5.41, 5.74) is 0. The Morgan fingerprint density at radius 2 is 2.35 bits per heavy atom. The van der Waals surface area contributed by atoms with Crippen LogP contribution >= 0.6 is 11.3 Å². The van der Waals surface area contributed by atoms with E-state index in [1.54, 1.807) is 0 Å². The van der Waals surface area contributed by atoms with Gasteiger partial charge in [-0.2, -0.15) is 0 Å². The molecular formula is C10H17N3O3S. The Balaban J connectivity index is 2.45. The number of rotatable bonds is 7. The van der Waals surface area contributed by atoms with E-state index in [2.05, 4.69) is 24.1 Å². The average Bonchev–Trinajstić information content (AvgIpc) is 2.72. The van der Waals surface area contributed by atoms with E-state index in [0.29, 0.717) is 17.6 Å². The lowest BCUT2D eigenvalue weighted by atomic mass is 9.98. The second-order valence-electron chi connectivity index (χ2n) is 4.32. The molecule has 1 aromatic heterocycles. The van der Waals surface area contributed by atoms with Gasteiger partial charge >= 0.3 is 5.00 Å². The highest BCUT2D eigenvalue weighted by Crippen LogP contribution is 2.25. The van der Waals surface area contributed by atoms with E-state index >= 15 is 0 Å². The predicted molar refractivity (Wildman–Crippen MR) is 67.3 cm³/mol. The van der Waals surface area contributed by atoms with Crippen molar-refractivity contribution < 1.29 is 10.0 Å². The van der Waals surface area contributed by atoms with Gasteiger partial charge in [0.25, 0.3) is 0 Å². The number of anilines is 1. The molecule has 0 fully saturated rings. The highest BCUT2D eigenvalue weighted by Gasteiger charge is 2.13. The van der Waals surface area contributed by atoms with Crippen LogP contribution in [0.3, 0.4) is 0 Å². The molecule has 0 saturated heterocycles. The van der Waals surface area contributed by atoms with Gasteiger partial charge < -0.3 is 10.4 Å². The first-order valence-corrected chi connectivity index (χ1v) is 6.29. The van der Waals surface area contributed by atoms with Crippen molar-refractivity contribution in [3.05, 3.63) is 16.3 Å². The molecule has 2 N–H and O–H groups in total. The molecule has 1 rings (SSSR count). The van der Waals surface area contributed by atoms with E-state index in [0.717, 1.165) is 17.8 Å². The van der Waals surface area contributed by atoms with Crippen molar-refractivity contribution >= 4 is 21.5 Å². The van der Waals surface area contributed by atoms with Gasteiger partial charge in [-0.15, -0.1) is 0 Å². The lowest BCUT2D eigenvalue weighted by molar-refractivity contribution is -0.380. The summed E-state index contributed by atoms with van der Waals surface area (Å²) in [4.78, 5) is 13.9. The van der Waals surface area contributed by atoms with Crippen LogP contribution in [-0.2, 0) is 0 Å². The minimum absolute atomic E-state index is 0.0249. The summed E-state index contributed by atoms with van der Waals surface area (Å²) in [5.74, 6) is 0.664. The lowest BCUT2D eigenvalue weighted by Gasteiger charge is -2.16. The second-order valence-corrected chi connectivity index (χ2v) is 5.33. The fraction of sp³-hybridized carbons (Fsp3) is 0.700. The van der Waals surface area contributed by atoms with Gasteiger partial charge in [-0.1, -0.05) is 13.8 Å². The second kappa shape index (κ2) is 6.51. The van der Waals surface area contributed by atoms with Crippen LogP contribution in [0, 0.1) is 22.0 Å². The monoisotopic (exact) mass is 259 g/mol. The molecule has 17 heavy (non-hydrogen) atoms. The van der Waals surface area contributed by atoms with Crippen LogP contribution in [0.4, 0.5) is 10.1 Å². The van der Waals surface area contributed by atoms with Crippen LogP contribution in [0.15, 0.2) is 6.20 Å². The van der Waals surface area contributed by atoms with Gasteiger partial charge in [0.15, 0.2) is 5.13 Å². The summed E-state index contributed by atoms with van der Waals surface area (Å²) in [6, 6.07) is 0. The maximum atomic E-state index is 10.5. The molecule has 0 aliphatic heterocycles. The predicted octanol–water partition coefficient (Wildman–Crippen LogP) is 2.12. The van der Waals surface area contributed by atoms with Gasteiger partial charge in [0, 0.05) is 13.2 Å². The third-order valence-electron chi connectivity index (χ3n) is 2.28. The Kier molecular flexibility index (Phi) is 5.30. The summed E-state index contributed by atoms with van der Waals surface area (Å²) in [5, 5.41) is 23.2. The molecular weight excluding hydrogens is 242 g/mol. The number of nitrogens with one attached hydrogen (secondary N) is 1. The maximum absolute atomic E-state index is 10.5. The smallest absolute Gasteiger partial charge is 0.345 e. The summed E-state index contributed by atoms with van der Waals surface area (Å²) in [6.07, 6.45) is 2.15. The zero-order valence-electron chi connectivity index (χ0n) is 9.92. The van der Waals surface area contributed by atoms with Crippen molar-refractivity contribution in [1.82, 2.24) is 4.98 Å². The van der Waals surface area contributed by atoms with Crippen LogP contribution in [0.2, 0.25) is 0 Å². The van der Waals surface area contributed by atoms with E-state index in [-0.39, 0.29) is 17.5 Å². The number of hydrogen-bond acceptors (Lipinski definition) is 6. The summed E-state index contributed by atoms with van der Waals surface area (Å²) < 4.78 is 0. The first-order valence-electron chi connectivity index (χ1n) is 5.47. The fourth-order valence-electron chi connectivity index (χ4n) is 1.55. The fourth-order valence-corrected chi connectivity index (χ4v) is 2.19. The molecule has 1 aromatic rings.